The van der Waals surface area contributed by atoms with Crippen molar-refractivity contribution in [2.24, 2.45) is 5.73 Å². The summed E-state index contributed by atoms with van der Waals surface area (Å²) in [6.45, 7) is 2.49. The summed E-state index contributed by atoms with van der Waals surface area (Å²) >= 11 is 1.44. The highest BCUT2D eigenvalue weighted by atomic mass is 35.5. The van der Waals surface area contributed by atoms with Crippen molar-refractivity contribution < 1.29 is 9.59 Å². The van der Waals surface area contributed by atoms with E-state index < -0.39 is 0 Å². The normalized spacial score (nSPS) is 14.2. The van der Waals surface area contributed by atoms with Crippen molar-refractivity contribution in [1.82, 2.24) is 14.8 Å². The Morgan fingerprint density at radius 2 is 1.79 bits per heavy atom. The van der Waals surface area contributed by atoms with Crippen LogP contribution in [0, 0.1) is 0 Å². The van der Waals surface area contributed by atoms with Gasteiger partial charge in [-0.2, -0.15) is 0 Å². The Labute approximate surface area is 150 Å². The van der Waals surface area contributed by atoms with Crippen LogP contribution in [-0.4, -0.2) is 52.8 Å². The Kier molecular flexibility index (Phi) is 6.30. The Balaban J connectivity index is 0.00000208. The molecule has 2 aromatic rings. The second-order valence-corrected chi connectivity index (χ2v) is 6.25. The minimum absolute atomic E-state index is 0. The highest BCUT2D eigenvalue weighted by Crippen LogP contribution is 2.15. The zero-order valence-corrected chi connectivity index (χ0v) is 14.7. The van der Waals surface area contributed by atoms with Crippen LogP contribution in [0.15, 0.2) is 35.8 Å². The molecule has 0 atom stereocenters. The number of nitrogens with two attached hydrogens (primary N) is 1. The van der Waals surface area contributed by atoms with Crippen molar-refractivity contribution in [2.45, 2.75) is 6.54 Å². The maximum Gasteiger partial charge on any atom is 0.264 e. The van der Waals surface area contributed by atoms with Gasteiger partial charge in [-0.15, -0.1) is 23.7 Å². The van der Waals surface area contributed by atoms with Gasteiger partial charge in [-0.3, -0.25) is 14.6 Å². The van der Waals surface area contributed by atoms with Crippen LogP contribution in [0.1, 0.15) is 25.7 Å². The highest BCUT2D eigenvalue weighted by Gasteiger charge is 2.25. The summed E-state index contributed by atoms with van der Waals surface area (Å²) in [4.78, 5) is 33.2. The maximum atomic E-state index is 12.5. The first kappa shape index (κ1) is 18.4. The molecular formula is C16H19ClN4O2S. The fourth-order valence-electron chi connectivity index (χ4n) is 2.57. The number of hydrogen-bond acceptors (Lipinski definition) is 5. The minimum atomic E-state index is -0.0367. The second-order valence-electron chi connectivity index (χ2n) is 5.30. The molecule has 1 fully saturated rings. The summed E-state index contributed by atoms with van der Waals surface area (Å²) in [5.41, 5.74) is 6.86. The van der Waals surface area contributed by atoms with E-state index in [2.05, 4.69) is 4.98 Å². The molecule has 2 amide bonds. The molecule has 0 aliphatic carbocycles. The standard InChI is InChI=1S/C16H18N4O2S.ClH/c17-11-13-10-12(3-4-18-13)15(21)19-5-7-20(8-6-19)16(22)14-2-1-9-23-14;/h1-4,9-10H,5-8,11,17H2;1H. The van der Waals surface area contributed by atoms with Gasteiger partial charge in [0, 0.05) is 44.5 Å². The Hall–Kier alpha value is -1.96. The van der Waals surface area contributed by atoms with Gasteiger partial charge in [-0.05, 0) is 23.6 Å². The molecular weight excluding hydrogens is 348 g/mol. The number of aromatic nitrogens is 1. The number of carbonyl (C=O) groups is 2. The molecule has 1 aliphatic heterocycles. The number of amides is 2. The average molecular weight is 367 g/mol. The third kappa shape index (κ3) is 3.92. The lowest BCUT2D eigenvalue weighted by atomic mass is 10.2. The van der Waals surface area contributed by atoms with Crippen LogP contribution in [-0.2, 0) is 6.54 Å². The van der Waals surface area contributed by atoms with Gasteiger partial charge in [0.2, 0.25) is 0 Å². The average Bonchev–Trinajstić information content (AvgIpc) is 3.15. The van der Waals surface area contributed by atoms with Crippen LogP contribution in [0.2, 0.25) is 0 Å². The SMILES string of the molecule is Cl.NCc1cc(C(=O)N2CCN(C(=O)c3cccs3)CC2)ccn1. The van der Waals surface area contributed by atoms with Crippen LogP contribution in [0.3, 0.4) is 0 Å². The first-order valence-electron chi connectivity index (χ1n) is 7.46. The number of hydrogen-bond donors (Lipinski definition) is 1. The molecule has 1 saturated heterocycles. The summed E-state index contributed by atoms with van der Waals surface area (Å²) in [6.07, 6.45) is 1.60. The van der Waals surface area contributed by atoms with Crippen LogP contribution >= 0.6 is 23.7 Å². The van der Waals surface area contributed by atoms with E-state index in [-0.39, 0.29) is 24.2 Å². The molecule has 0 aromatic carbocycles. The molecule has 0 unspecified atom stereocenters. The molecule has 0 saturated carbocycles. The summed E-state index contributed by atoms with van der Waals surface area (Å²) in [5.74, 6) is 0.00625. The zero-order chi connectivity index (χ0) is 16.2. The van der Waals surface area contributed by atoms with Crippen molar-refractivity contribution in [3.8, 4) is 0 Å². The van der Waals surface area contributed by atoms with E-state index in [0.29, 0.717) is 44.0 Å². The number of thiophene rings is 1. The van der Waals surface area contributed by atoms with Gasteiger partial charge in [0.25, 0.3) is 11.8 Å². The van der Waals surface area contributed by atoms with Gasteiger partial charge in [-0.25, -0.2) is 0 Å². The third-order valence-electron chi connectivity index (χ3n) is 3.86. The quantitative estimate of drug-likeness (QED) is 0.895. The molecule has 2 aromatic heterocycles. The van der Waals surface area contributed by atoms with E-state index >= 15 is 0 Å². The minimum Gasteiger partial charge on any atom is -0.335 e. The largest absolute Gasteiger partial charge is 0.335 e. The van der Waals surface area contributed by atoms with Gasteiger partial charge >= 0.3 is 0 Å². The topological polar surface area (TPSA) is 79.5 Å². The molecule has 8 heteroatoms. The predicted octanol–water partition coefficient (Wildman–Crippen LogP) is 1.62. The number of pyridine rings is 1. The van der Waals surface area contributed by atoms with E-state index in [0.717, 1.165) is 4.88 Å². The van der Waals surface area contributed by atoms with Gasteiger partial charge in [0.15, 0.2) is 0 Å². The predicted molar refractivity (Wildman–Crippen MR) is 95.5 cm³/mol. The molecule has 6 nitrogen and oxygen atoms in total. The third-order valence-corrected chi connectivity index (χ3v) is 4.72. The highest BCUT2D eigenvalue weighted by molar-refractivity contribution is 7.12. The molecule has 3 rings (SSSR count). The van der Waals surface area contributed by atoms with Crippen molar-refractivity contribution in [2.75, 3.05) is 26.2 Å². The zero-order valence-electron chi connectivity index (χ0n) is 13.1. The first-order valence-corrected chi connectivity index (χ1v) is 8.34. The number of halogens is 1. The van der Waals surface area contributed by atoms with Crippen molar-refractivity contribution >= 4 is 35.6 Å². The van der Waals surface area contributed by atoms with E-state index in [1.807, 2.05) is 17.5 Å². The van der Waals surface area contributed by atoms with E-state index in [4.69, 9.17) is 5.73 Å². The molecule has 0 radical (unpaired) electrons. The van der Waals surface area contributed by atoms with Gasteiger partial charge in [-0.1, -0.05) is 6.07 Å². The Bertz CT molecular complexity index is 700. The molecule has 128 valence electrons. The fraction of sp³-hybridized carbons (Fsp3) is 0.312. The van der Waals surface area contributed by atoms with Crippen molar-refractivity contribution in [3.05, 3.63) is 52.0 Å². The number of carbonyl (C=O) groups excluding carboxylic acids is 2. The summed E-state index contributed by atoms with van der Waals surface area (Å²) in [6, 6.07) is 7.13. The molecule has 1 aliphatic rings. The summed E-state index contributed by atoms with van der Waals surface area (Å²) in [5, 5.41) is 1.89. The molecule has 3 heterocycles. The molecule has 0 bridgehead atoms. The summed E-state index contributed by atoms with van der Waals surface area (Å²) in [7, 11) is 0. The van der Waals surface area contributed by atoms with Crippen molar-refractivity contribution in [3.63, 3.8) is 0 Å². The number of rotatable bonds is 3. The summed E-state index contributed by atoms with van der Waals surface area (Å²) < 4.78 is 0. The van der Waals surface area contributed by atoms with Crippen LogP contribution in [0.4, 0.5) is 0 Å². The van der Waals surface area contributed by atoms with Gasteiger partial charge in [0.1, 0.15) is 0 Å². The van der Waals surface area contributed by atoms with Crippen LogP contribution in [0.5, 0.6) is 0 Å². The second kappa shape index (κ2) is 8.23. The molecule has 24 heavy (non-hydrogen) atoms. The first-order chi connectivity index (χ1) is 11.2. The van der Waals surface area contributed by atoms with E-state index in [1.165, 1.54) is 11.3 Å². The lowest BCUT2D eigenvalue weighted by Gasteiger charge is -2.34. The fourth-order valence-corrected chi connectivity index (χ4v) is 3.26. The lowest BCUT2D eigenvalue weighted by Crippen LogP contribution is -2.50. The van der Waals surface area contributed by atoms with Crippen LogP contribution in [0.25, 0.3) is 0 Å². The lowest BCUT2D eigenvalue weighted by molar-refractivity contribution is 0.0538. The Morgan fingerprint density at radius 1 is 1.12 bits per heavy atom. The molecule has 2 N–H and O–H groups in total. The van der Waals surface area contributed by atoms with Gasteiger partial charge in [0.05, 0.1) is 10.6 Å². The monoisotopic (exact) mass is 366 g/mol. The van der Waals surface area contributed by atoms with Gasteiger partial charge < -0.3 is 15.5 Å². The van der Waals surface area contributed by atoms with E-state index in [1.54, 1.807) is 28.1 Å². The number of piperazine rings is 1. The van der Waals surface area contributed by atoms with E-state index in [9.17, 15) is 9.59 Å². The van der Waals surface area contributed by atoms with Crippen molar-refractivity contribution in [1.29, 1.82) is 0 Å². The smallest absolute Gasteiger partial charge is 0.264 e. The maximum absolute atomic E-state index is 12.5. The molecule has 0 spiro atoms. The van der Waals surface area contributed by atoms with Crippen LogP contribution < -0.4 is 5.73 Å². The number of nitrogens with zero attached hydrogens (tertiary/aromatic N) is 3. The Morgan fingerprint density at radius 3 is 2.38 bits per heavy atom.